The van der Waals surface area contributed by atoms with Gasteiger partial charge in [-0.25, -0.2) is 8.78 Å². The summed E-state index contributed by atoms with van der Waals surface area (Å²) >= 11 is 5.89. The molecule has 4 nitrogen and oxygen atoms in total. The van der Waals surface area contributed by atoms with Gasteiger partial charge in [-0.05, 0) is 31.2 Å². The number of benzene rings is 2. The van der Waals surface area contributed by atoms with Crippen LogP contribution in [0.1, 0.15) is 24.1 Å². The van der Waals surface area contributed by atoms with Crippen LogP contribution in [0.15, 0.2) is 36.4 Å². The molecule has 2 rings (SSSR count). The molecule has 0 saturated carbocycles. The molecule has 0 bridgehead atoms. The highest BCUT2D eigenvalue weighted by Gasteiger charge is 2.13. The topological polar surface area (TPSA) is 64.9 Å². The van der Waals surface area contributed by atoms with E-state index in [1.807, 2.05) is 6.07 Å². The molecule has 0 aliphatic carbocycles. The van der Waals surface area contributed by atoms with Gasteiger partial charge in [0.25, 0.3) is 0 Å². The fourth-order valence-electron chi connectivity index (χ4n) is 2.10. The molecule has 0 unspecified atom stereocenters. The van der Waals surface area contributed by atoms with E-state index in [1.54, 1.807) is 13.0 Å². The molecule has 1 atom stereocenters. The Morgan fingerprint density at radius 1 is 1.29 bits per heavy atom. The summed E-state index contributed by atoms with van der Waals surface area (Å²) < 4.78 is 26.6. The molecule has 0 radical (unpaired) electrons. The van der Waals surface area contributed by atoms with E-state index >= 15 is 0 Å². The van der Waals surface area contributed by atoms with Gasteiger partial charge in [0, 0.05) is 23.4 Å². The summed E-state index contributed by atoms with van der Waals surface area (Å²) in [4.78, 5) is 11.9. The first-order valence-corrected chi connectivity index (χ1v) is 7.46. The van der Waals surface area contributed by atoms with Crippen LogP contribution in [0.2, 0.25) is 5.02 Å². The van der Waals surface area contributed by atoms with E-state index < -0.39 is 17.7 Å². The fraction of sp³-hybridized carbons (Fsp3) is 0.176. The van der Waals surface area contributed by atoms with Gasteiger partial charge in [-0.15, -0.1) is 0 Å². The average molecular weight is 350 g/mol. The Morgan fingerprint density at radius 2 is 2.04 bits per heavy atom. The number of anilines is 1. The molecule has 124 valence electrons. The summed E-state index contributed by atoms with van der Waals surface area (Å²) in [6.45, 7) is 1.60. The molecule has 0 aromatic heterocycles. The molecule has 0 aliphatic heterocycles. The Morgan fingerprint density at radius 3 is 2.67 bits per heavy atom. The monoisotopic (exact) mass is 349 g/mol. The average Bonchev–Trinajstić information content (AvgIpc) is 2.53. The number of nitrogens with one attached hydrogen (secondary N) is 2. The summed E-state index contributed by atoms with van der Waals surface area (Å²) in [5.74, 6) is -1.68. The normalized spacial score (nSPS) is 11.6. The number of carbonyl (C=O) groups is 1. The molecule has 0 fully saturated rings. The number of nitriles is 1. The SMILES string of the molecule is C[C@H](NCC(=O)Nc1ccc(C#N)c(Cl)c1)c1ccc(F)cc1F. The number of hydrogen-bond donors (Lipinski definition) is 2. The van der Waals surface area contributed by atoms with Crippen molar-refractivity contribution in [2.45, 2.75) is 13.0 Å². The highest BCUT2D eigenvalue weighted by atomic mass is 35.5. The lowest BCUT2D eigenvalue weighted by Gasteiger charge is -2.15. The Hall–Kier alpha value is -2.49. The number of halogens is 3. The van der Waals surface area contributed by atoms with Crippen molar-refractivity contribution in [3.05, 3.63) is 64.2 Å². The zero-order valence-electron chi connectivity index (χ0n) is 12.7. The molecule has 0 heterocycles. The van der Waals surface area contributed by atoms with Crippen LogP contribution < -0.4 is 10.6 Å². The summed E-state index contributed by atoms with van der Waals surface area (Å²) in [7, 11) is 0. The maximum Gasteiger partial charge on any atom is 0.238 e. The number of carbonyl (C=O) groups excluding carboxylic acids is 1. The highest BCUT2D eigenvalue weighted by molar-refractivity contribution is 6.32. The van der Waals surface area contributed by atoms with Crippen molar-refractivity contribution in [2.75, 3.05) is 11.9 Å². The molecule has 24 heavy (non-hydrogen) atoms. The minimum Gasteiger partial charge on any atom is -0.325 e. The minimum absolute atomic E-state index is 0.0738. The Balaban J connectivity index is 1.93. The second kappa shape index (κ2) is 7.86. The van der Waals surface area contributed by atoms with E-state index in [1.165, 1.54) is 18.2 Å². The van der Waals surface area contributed by atoms with Crippen molar-refractivity contribution in [3.63, 3.8) is 0 Å². The maximum absolute atomic E-state index is 13.7. The van der Waals surface area contributed by atoms with Crippen LogP contribution in [0.5, 0.6) is 0 Å². The van der Waals surface area contributed by atoms with Crippen molar-refractivity contribution in [1.29, 1.82) is 5.26 Å². The summed E-state index contributed by atoms with van der Waals surface area (Å²) in [6.07, 6.45) is 0. The van der Waals surface area contributed by atoms with E-state index in [0.29, 0.717) is 11.3 Å². The van der Waals surface area contributed by atoms with E-state index in [2.05, 4.69) is 10.6 Å². The second-order valence-corrected chi connectivity index (χ2v) is 5.53. The molecule has 0 saturated heterocycles. The van der Waals surface area contributed by atoms with E-state index in [-0.39, 0.29) is 23.0 Å². The van der Waals surface area contributed by atoms with Gasteiger partial charge in [0.1, 0.15) is 17.7 Å². The third-order valence-electron chi connectivity index (χ3n) is 3.37. The van der Waals surface area contributed by atoms with Crippen molar-refractivity contribution in [1.82, 2.24) is 5.32 Å². The lowest BCUT2D eigenvalue weighted by Crippen LogP contribution is -2.30. The van der Waals surface area contributed by atoms with Crippen LogP contribution >= 0.6 is 11.6 Å². The lowest BCUT2D eigenvalue weighted by molar-refractivity contribution is -0.115. The van der Waals surface area contributed by atoms with Crippen molar-refractivity contribution in [2.24, 2.45) is 0 Å². The van der Waals surface area contributed by atoms with Gasteiger partial charge >= 0.3 is 0 Å². The Bertz CT molecular complexity index is 805. The summed E-state index contributed by atoms with van der Waals surface area (Å²) in [5.41, 5.74) is 1.03. The van der Waals surface area contributed by atoms with Crippen LogP contribution in [0.3, 0.4) is 0 Å². The van der Waals surface area contributed by atoms with Gasteiger partial charge in [0.2, 0.25) is 5.91 Å². The molecule has 0 spiro atoms. The smallest absolute Gasteiger partial charge is 0.238 e. The van der Waals surface area contributed by atoms with Gasteiger partial charge in [0.05, 0.1) is 17.1 Å². The van der Waals surface area contributed by atoms with E-state index in [9.17, 15) is 13.6 Å². The highest BCUT2D eigenvalue weighted by Crippen LogP contribution is 2.20. The number of amides is 1. The summed E-state index contributed by atoms with van der Waals surface area (Å²) in [6, 6.07) is 9.28. The molecule has 2 N–H and O–H groups in total. The predicted octanol–water partition coefficient (Wildman–Crippen LogP) is 3.78. The molecule has 2 aromatic rings. The second-order valence-electron chi connectivity index (χ2n) is 5.12. The van der Waals surface area contributed by atoms with Gasteiger partial charge in [-0.2, -0.15) is 5.26 Å². The Labute approximate surface area is 143 Å². The fourth-order valence-corrected chi connectivity index (χ4v) is 2.32. The quantitative estimate of drug-likeness (QED) is 0.863. The first-order chi connectivity index (χ1) is 11.4. The third-order valence-corrected chi connectivity index (χ3v) is 3.68. The number of hydrogen-bond acceptors (Lipinski definition) is 3. The number of rotatable bonds is 5. The largest absolute Gasteiger partial charge is 0.325 e. The van der Waals surface area contributed by atoms with Gasteiger partial charge in [0.15, 0.2) is 0 Å². The molecular formula is C17H14ClF2N3O. The molecule has 0 aliphatic rings. The van der Waals surface area contributed by atoms with Crippen LogP contribution in [0.4, 0.5) is 14.5 Å². The van der Waals surface area contributed by atoms with Crippen LogP contribution in [0.25, 0.3) is 0 Å². The van der Waals surface area contributed by atoms with Crippen molar-refractivity contribution < 1.29 is 13.6 Å². The van der Waals surface area contributed by atoms with Gasteiger partial charge in [-0.1, -0.05) is 17.7 Å². The maximum atomic E-state index is 13.7. The summed E-state index contributed by atoms with van der Waals surface area (Å²) in [5, 5.41) is 14.5. The van der Waals surface area contributed by atoms with Gasteiger partial charge in [-0.3, -0.25) is 4.79 Å². The Kier molecular flexibility index (Phi) is 5.85. The van der Waals surface area contributed by atoms with Crippen molar-refractivity contribution >= 4 is 23.2 Å². The molecule has 2 aromatic carbocycles. The molecule has 7 heteroatoms. The van der Waals surface area contributed by atoms with Crippen molar-refractivity contribution in [3.8, 4) is 6.07 Å². The first-order valence-electron chi connectivity index (χ1n) is 7.08. The zero-order chi connectivity index (χ0) is 17.7. The first kappa shape index (κ1) is 17.9. The predicted molar refractivity (Wildman–Crippen MR) is 87.6 cm³/mol. The zero-order valence-corrected chi connectivity index (χ0v) is 13.5. The van der Waals surface area contributed by atoms with Crippen LogP contribution in [-0.4, -0.2) is 12.5 Å². The third kappa shape index (κ3) is 4.51. The minimum atomic E-state index is -0.672. The standard InChI is InChI=1S/C17H14ClF2N3O/c1-10(14-5-3-12(19)6-16(14)20)22-9-17(24)23-13-4-2-11(8-21)15(18)7-13/h2-7,10,22H,9H2,1H3,(H,23,24)/t10-/m0/s1. The van der Waals surface area contributed by atoms with Gasteiger partial charge < -0.3 is 10.6 Å². The van der Waals surface area contributed by atoms with E-state index in [0.717, 1.165) is 12.1 Å². The number of nitrogens with zero attached hydrogens (tertiary/aromatic N) is 1. The van der Waals surface area contributed by atoms with Crippen LogP contribution in [0, 0.1) is 23.0 Å². The molecule has 1 amide bonds. The lowest BCUT2D eigenvalue weighted by atomic mass is 10.1. The van der Waals surface area contributed by atoms with E-state index in [4.69, 9.17) is 16.9 Å². The molecular weight excluding hydrogens is 336 g/mol. The van der Waals surface area contributed by atoms with Crippen LogP contribution in [-0.2, 0) is 4.79 Å².